The molecule has 6 rings (SSSR count). The second-order valence-electron chi connectivity index (χ2n) is 7.75. The van der Waals surface area contributed by atoms with E-state index in [2.05, 4.69) is 51.2 Å². The fourth-order valence-corrected chi connectivity index (χ4v) is 5.39. The minimum absolute atomic E-state index is 0.00569. The lowest BCUT2D eigenvalue weighted by atomic mass is 9.81. The van der Waals surface area contributed by atoms with Crippen LogP contribution in [-0.4, -0.2) is 25.3 Å². The number of fused-ring (bicyclic) bond motifs is 3. The number of rotatable bonds is 1. The highest BCUT2D eigenvalue weighted by Gasteiger charge is 2.56. The standard InChI is InChI=1S/C24H18BrN3O/c1-27-20-11-3-2-9-18(20)24(23(27)29)19-10-5-6-15-12-13-28(21(15)19)22(26-24)16-7-4-8-17(25)14-16/h2-11,14H,12-13H2,1H3. The predicted molar refractivity (Wildman–Crippen MR) is 119 cm³/mol. The summed E-state index contributed by atoms with van der Waals surface area (Å²) in [5.74, 6) is 0.869. The van der Waals surface area contributed by atoms with E-state index >= 15 is 0 Å². The van der Waals surface area contributed by atoms with Crippen LogP contribution < -0.4 is 9.80 Å². The lowest BCUT2D eigenvalue weighted by Crippen LogP contribution is -2.46. The number of carbonyl (C=O) groups is 1. The number of hydrogen-bond donors (Lipinski definition) is 0. The molecule has 3 aromatic rings. The van der Waals surface area contributed by atoms with Crippen LogP contribution in [0, 0.1) is 0 Å². The first kappa shape index (κ1) is 17.0. The average molecular weight is 444 g/mol. The summed E-state index contributed by atoms with van der Waals surface area (Å²) in [6.45, 7) is 0.874. The van der Waals surface area contributed by atoms with Gasteiger partial charge in [-0.3, -0.25) is 4.79 Å². The van der Waals surface area contributed by atoms with Crippen molar-refractivity contribution >= 4 is 39.0 Å². The first-order chi connectivity index (χ1) is 14.1. The van der Waals surface area contributed by atoms with E-state index in [4.69, 9.17) is 4.99 Å². The molecule has 0 N–H and O–H groups in total. The van der Waals surface area contributed by atoms with Crippen LogP contribution in [0.25, 0.3) is 0 Å². The number of aliphatic imine (C=N–C) groups is 1. The Morgan fingerprint density at radius 3 is 2.66 bits per heavy atom. The quantitative estimate of drug-likeness (QED) is 0.555. The zero-order valence-electron chi connectivity index (χ0n) is 15.9. The van der Waals surface area contributed by atoms with Crippen LogP contribution in [0.2, 0.25) is 0 Å². The highest BCUT2D eigenvalue weighted by molar-refractivity contribution is 9.10. The smallest absolute Gasteiger partial charge is 0.264 e. The Hall–Kier alpha value is -2.92. The van der Waals surface area contributed by atoms with Gasteiger partial charge in [0.25, 0.3) is 5.91 Å². The van der Waals surface area contributed by atoms with E-state index in [1.54, 1.807) is 4.90 Å². The molecule has 1 unspecified atom stereocenters. The Morgan fingerprint density at radius 2 is 1.79 bits per heavy atom. The lowest BCUT2D eigenvalue weighted by Gasteiger charge is -2.37. The van der Waals surface area contributed by atoms with Crippen molar-refractivity contribution in [2.45, 2.75) is 12.0 Å². The maximum Gasteiger partial charge on any atom is 0.264 e. The summed E-state index contributed by atoms with van der Waals surface area (Å²) >= 11 is 3.59. The number of benzene rings is 3. The van der Waals surface area contributed by atoms with Gasteiger partial charge in [0.05, 0.1) is 5.69 Å². The summed E-state index contributed by atoms with van der Waals surface area (Å²) in [4.78, 5) is 23.1. The van der Waals surface area contributed by atoms with Gasteiger partial charge in [0.15, 0.2) is 5.54 Å². The van der Waals surface area contributed by atoms with Gasteiger partial charge in [-0.05, 0) is 30.2 Å². The van der Waals surface area contributed by atoms with Crippen molar-refractivity contribution in [2.75, 3.05) is 23.4 Å². The van der Waals surface area contributed by atoms with E-state index in [-0.39, 0.29) is 5.91 Å². The third-order valence-corrected chi connectivity index (χ3v) is 6.76. The molecule has 0 aliphatic carbocycles. The molecule has 29 heavy (non-hydrogen) atoms. The van der Waals surface area contributed by atoms with Gasteiger partial charge in [-0.15, -0.1) is 0 Å². The van der Waals surface area contributed by atoms with Crippen molar-refractivity contribution in [1.29, 1.82) is 0 Å². The second-order valence-corrected chi connectivity index (χ2v) is 8.67. The first-order valence-electron chi connectivity index (χ1n) is 9.74. The van der Waals surface area contributed by atoms with Gasteiger partial charge in [-0.2, -0.15) is 0 Å². The summed E-state index contributed by atoms with van der Waals surface area (Å²) in [6, 6.07) is 22.5. The first-order valence-corrected chi connectivity index (χ1v) is 10.5. The van der Waals surface area contributed by atoms with Gasteiger partial charge in [0.1, 0.15) is 5.84 Å². The summed E-state index contributed by atoms with van der Waals surface area (Å²) < 4.78 is 1.00. The molecule has 5 heteroatoms. The number of halogens is 1. The Bertz CT molecular complexity index is 1230. The largest absolute Gasteiger partial charge is 0.325 e. The molecule has 3 aromatic carbocycles. The van der Waals surface area contributed by atoms with Gasteiger partial charge >= 0.3 is 0 Å². The third kappa shape index (κ3) is 2.08. The molecule has 3 heterocycles. The van der Waals surface area contributed by atoms with Gasteiger partial charge in [0, 0.05) is 40.4 Å². The molecule has 142 valence electrons. The molecule has 0 saturated heterocycles. The van der Waals surface area contributed by atoms with Crippen LogP contribution in [0.1, 0.15) is 22.3 Å². The summed E-state index contributed by atoms with van der Waals surface area (Å²) in [5.41, 5.74) is 5.29. The Kier molecular flexibility index (Phi) is 3.40. The van der Waals surface area contributed by atoms with Crippen LogP contribution in [0.5, 0.6) is 0 Å². The van der Waals surface area contributed by atoms with Crippen molar-refractivity contribution in [3.63, 3.8) is 0 Å². The molecule has 1 amide bonds. The minimum Gasteiger partial charge on any atom is -0.325 e. The maximum atomic E-state index is 13.8. The van der Waals surface area contributed by atoms with Crippen molar-refractivity contribution in [1.82, 2.24) is 0 Å². The van der Waals surface area contributed by atoms with E-state index in [1.165, 1.54) is 5.56 Å². The molecule has 1 atom stereocenters. The molecule has 0 bridgehead atoms. The highest BCUT2D eigenvalue weighted by Crippen LogP contribution is 2.53. The van der Waals surface area contributed by atoms with E-state index in [1.807, 2.05) is 43.4 Å². The van der Waals surface area contributed by atoms with E-state index in [0.29, 0.717) is 0 Å². The number of anilines is 2. The number of carbonyl (C=O) groups excluding carboxylic acids is 1. The number of para-hydroxylation sites is 2. The second kappa shape index (κ2) is 5.80. The molecule has 4 nitrogen and oxygen atoms in total. The Labute approximate surface area is 177 Å². The van der Waals surface area contributed by atoms with Gasteiger partial charge in [-0.25, -0.2) is 4.99 Å². The SMILES string of the molecule is CN1C(=O)C2(N=C(c3cccc(Br)c3)N3CCc4cccc2c43)c2ccccc21. The highest BCUT2D eigenvalue weighted by atomic mass is 79.9. The molecule has 1 spiro atoms. The van der Waals surface area contributed by atoms with Crippen molar-refractivity contribution < 1.29 is 4.79 Å². The van der Waals surface area contributed by atoms with Crippen LogP contribution in [0.4, 0.5) is 11.4 Å². The molecule has 0 saturated carbocycles. The Morgan fingerprint density at radius 1 is 1.00 bits per heavy atom. The predicted octanol–water partition coefficient (Wildman–Crippen LogP) is 4.49. The molecular weight excluding hydrogens is 426 g/mol. The van der Waals surface area contributed by atoms with Crippen LogP contribution in [0.3, 0.4) is 0 Å². The maximum absolute atomic E-state index is 13.8. The fraction of sp³-hybridized carbons (Fsp3) is 0.167. The van der Waals surface area contributed by atoms with Crippen LogP contribution in [0.15, 0.2) is 76.2 Å². The van der Waals surface area contributed by atoms with E-state index < -0.39 is 5.54 Å². The average Bonchev–Trinajstić information content (AvgIpc) is 3.26. The summed E-state index contributed by atoms with van der Waals surface area (Å²) in [5, 5.41) is 0. The fourth-order valence-electron chi connectivity index (χ4n) is 4.99. The normalized spacial score (nSPS) is 21.4. The lowest BCUT2D eigenvalue weighted by molar-refractivity contribution is -0.121. The number of hydrogen-bond acceptors (Lipinski definition) is 3. The molecular formula is C24H18BrN3O. The van der Waals surface area contributed by atoms with Gasteiger partial charge in [0.2, 0.25) is 0 Å². The molecule has 0 aromatic heterocycles. The molecule has 3 aliphatic rings. The third-order valence-electron chi connectivity index (χ3n) is 6.27. The zero-order chi connectivity index (χ0) is 19.8. The van der Waals surface area contributed by atoms with E-state index in [0.717, 1.165) is 51.3 Å². The van der Waals surface area contributed by atoms with Crippen molar-refractivity contribution in [3.05, 3.63) is 93.5 Å². The molecule has 3 aliphatic heterocycles. The van der Waals surface area contributed by atoms with Gasteiger partial charge < -0.3 is 9.80 Å². The van der Waals surface area contributed by atoms with E-state index in [9.17, 15) is 4.79 Å². The summed E-state index contributed by atoms with van der Waals surface area (Å²) in [6.07, 6.45) is 0.956. The Balaban J connectivity index is 1.73. The van der Waals surface area contributed by atoms with Crippen LogP contribution in [-0.2, 0) is 16.8 Å². The summed E-state index contributed by atoms with van der Waals surface area (Å²) in [7, 11) is 1.85. The molecule has 0 radical (unpaired) electrons. The monoisotopic (exact) mass is 443 g/mol. The number of likely N-dealkylation sites (N-methyl/N-ethyl adjacent to an activating group) is 1. The number of amidine groups is 1. The number of amides is 1. The zero-order valence-corrected chi connectivity index (χ0v) is 17.5. The molecule has 0 fully saturated rings. The van der Waals surface area contributed by atoms with Crippen LogP contribution >= 0.6 is 15.9 Å². The van der Waals surface area contributed by atoms with Crippen molar-refractivity contribution in [3.8, 4) is 0 Å². The number of nitrogens with zero attached hydrogens (tertiary/aromatic N) is 3. The topological polar surface area (TPSA) is 35.9 Å². The minimum atomic E-state index is -1.03. The van der Waals surface area contributed by atoms with Gasteiger partial charge in [-0.1, -0.05) is 64.5 Å². The van der Waals surface area contributed by atoms with Crippen molar-refractivity contribution in [2.24, 2.45) is 4.99 Å².